The van der Waals surface area contributed by atoms with Gasteiger partial charge in [0.25, 0.3) is 5.91 Å². The molecule has 2 atom stereocenters. The van der Waals surface area contributed by atoms with E-state index in [1.54, 1.807) is 11.8 Å². The van der Waals surface area contributed by atoms with Crippen LogP contribution in [0.1, 0.15) is 35.4 Å². The fourth-order valence-electron chi connectivity index (χ4n) is 3.87. The van der Waals surface area contributed by atoms with Crippen LogP contribution in [0.2, 0.25) is 0 Å². The second-order valence-corrected chi connectivity index (χ2v) is 7.11. The van der Waals surface area contributed by atoms with Gasteiger partial charge in [-0.3, -0.25) is 4.79 Å². The normalized spacial score (nSPS) is 24.1. The number of rotatable bonds is 3. The minimum absolute atomic E-state index is 0.0328. The number of carbonyl (C=O) groups excluding carboxylic acids is 1. The van der Waals surface area contributed by atoms with Gasteiger partial charge in [0.05, 0.1) is 18.8 Å². The second-order valence-electron chi connectivity index (χ2n) is 6.24. The third kappa shape index (κ3) is 2.56. The van der Waals surface area contributed by atoms with Crippen molar-refractivity contribution in [2.75, 3.05) is 19.4 Å². The minimum atomic E-state index is 0.0328. The number of furan rings is 1. The summed E-state index contributed by atoms with van der Waals surface area (Å²) in [6, 6.07) is 8.14. The topological polar surface area (TPSA) is 42.7 Å². The Hall–Kier alpha value is -1.46. The lowest BCUT2D eigenvalue weighted by Gasteiger charge is -2.37. The predicted octanol–water partition coefficient (Wildman–Crippen LogP) is 3.69. The average molecular weight is 331 g/mol. The molecule has 23 heavy (non-hydrogen) atoms. The fourth-order valence-corrected chi connectivity index (χ4v) is 4.44. The number of hydrogen-bond acceptors (Lipinski definition) is 4. The highest BCUT2D eigenvalue weighted by molar-refractivity contribution is 7.97. The number of ether oxygens (including phenoxy) is 1. The molecule has 0 N–H and O–H groups in total. The zero-order valence-electron chi connectivity index (χ0n) is 13.3. The number of morpholine rings is 1. The van der Waals surface area contributed by atoms with E-state index in [-0.39, 0.29) is 18.1 Å². The number of thioether (sulfide) groups is 1. The molecule has 1 saturated heterocycles. The van der Waals surface area contributed by atoms with Crippen molar-refractivity contribution in [1.29, 1.82) is 0 Å². The van der Waals surface area contributed by atoms with Crippen LogP contribution in [-0.2, 0) is 10.5 Å². The number of nitrogens with zero attached hydrogens (tertiary/aromatic N) is 1. The van der Waals surface area contributed by atoms with Crippen LogP contribution >= 0.6 is 11.8 Å². The molecule has 2 aliphatic rings. The van der Waals surface area contributed by atoms with Gasteiger partial charge in [-0.05, 0) is 31.6 Å². The Labute approximate surface area is 140 Å². The standard InChI is InChI=1S/C18H21NO3S/c1-23-11-13-12-5-2-3-7-15(12)22-17(13)18(20)19-9-10-21-16-8-4-6-14(16)19/h2-3,5,7,14,16H,4,6,8-11H2,1H3/t14-,16+/m0/s1. The maximum atomic E-state index is 13.2. The summed E-state index contributed by atoms with van der Waals surface area (Å²) in [5.41, 5.74) is 1.83. The van der Waals surface area contributed by atoms with Crippen molar-refractivity contribution in [2.24, 2.45) is 0 Å². The van der Waals surface area contributed by atoms with Gasteiger partial charge in [-0.15, -0.1) is 0 Å². The molecule has 1 saturated carbocycles. The number of amides is 1. The smallest absolute Gasteiger partial charge is 0.290 e. The van der Waals surface area contributed by atoms with Gasteiger partial charge in [0, 0.05) is 23.2 Å². The first kappa shape index (κ1) is 15.1. The van der Waals surface area contributed by atoms with E-state index in [9.17, 15) is 4.79 Å². The van der Waals surface area contributed by atoms with Crippen LogP contribution in [0.15, 0.2) is 28.7 Å². The zero-order chi connectivity index (χ0) is 15.8. The van der Waals surface area contributed by atoms with Crippen LogP contribution in [0.4, 0.5) is 0 Å². The lowest BCUT2D eigenvalue weighted by atomic mass is 10.1. The molecule has 2 heterocycles. The van der Waals surface area contributed by atoms with E-state index in [0.717, 1.165) is 41.5 Å². The van der Waals surface area contributed by atoms with E-state index in [4.69, 9.17) is 9.15 Å². The summed E-state index contributed by atoms with van der Waals surface area (Å²) in [6.45, 7) is 1.29. The van der Waals surface area contributed by atoms with E-state index < -0.39 is 0 Å². The molecule has 0 spiro atoms. The van der Waals surface area contributed by atoms with Crippen molar-refractivity contribution in [3.8, 4) is 0 Å². The van der Waals surface area contributed by atoms with Crippen LogP contribution in [0, 0.1) is 0 Å². The van der Waals surface area contributed by atoms with Crippen molar-refractivity contribution in [3.63, 3.8) is 0 Å². The molecule has 2 aromatic rings. The average Bonchev–Trinajstić information content (AvgIpc) is 3.19. The number of fused-ring (bicyclic) bond motifs is 2. The summed E-state index contributed by atoms with van der Waals surface area (Å²) in [7, 11) is 0. The van der Waals surface area contributed by atoms with Gasteiger partial charge in [-0.25, -0.2) is 0 Å². The second kappa shape index (κ2) is 6.21. The molecule has 0 bridgehead atoms. The SMILES string of the molecule is CSCc1c(C(=O)N2CCO[C@@H]3CCC[C@@H]32)oc2ccccc12. The van der Waals surface area contributed by atoms with Crippen LogP contribution in [0.5, 0.6) is 0 Å². The Morgan fingerprint density at radius 2 is 2.22 bits per heavy atom. The third-order valence-electron chi connectivity index (χ3n) is 4.92. The van der Waals surface area contributed by atoms with E-state index >= 15 is 0 Å². The summed E-state index contributed by atoms with van der Waals surface area (Å²) in [4.78, 5) is 15.2. The van der Waals surface area contributed by atoms with E-state index in [1.807, 2.05) is 29.2 Å². The molecule has 1 amide bonds. The highest BCUT2D eigenvalue weighted by Gasteiger charge is 2.40. The molecule has 1 aliphatic carbocycles. The first-order chi connectivity index (χ1) is 11.3. The maximum absolute atomic E-state index is 13.2. The van der Waals surface area contributed by atoms with Crippen molar-refractivity contribution in [2.45, 2.75) is 37.2 Å². The van der Waals surface area contributed by atoms with Gasteiger partial charge in [0.15, 0.2) is 5.76 Å². The van der Waals surface area contributed by atoms with Crippen LogP contribution in [-0.4, -0.2) is 42.4 Å². The molecule has 2 fully saturated rings. The summed E-state index contributed by atoms with van der Waals surface area (Å²) in [6.07, 6.45) is 5.50. The summed E-state index contributed by atoms with van der Waals surface area (Å²) < 4.78 is 11.8. The first-order valence-electron chi connectivity index (χ1n) is 8.21. The molecular weight excluding hydrogens is 310 g/mol. The van der Waals surface area contributed by atoms with E-state index in [2.05, 4.69) is 6.26 Å². The molecule has 122 valence electrons. The van der Waals surface area contributed by atoms with Gasteiger partial charge in [0.2, 0.25) is 0 Å². The minimum Gasteiger partial charge on any atom is -0.451 e. The molecule has 1 aromatic carbocycles. The highest BCUT2D eigenvalue weighted by Crippen LogP contribution is 2.34. The lowest BCUT2D eigenvalue weighted by Crippen LogP contribution is -2.51. The maximum Gasteiger partial charge on any atom is 0.290 e. The molecule has 1 aromatic heterocycles. The van der Waals surface area contributed by atoms with Gasteiger partial charge in [-0.2, -0.15) is 11.8 Å². The predicted molar refractivity (Wildman–Crippen MR) is 91.8 cm³/mol. The number of carbonyl (C=O) groups is 1. The Morgan fingerprint density at radius 1 is 1.35 bits per heavy atom. The number of hydrogen-bond donors (Lipinski definition) is 0. The molecule has 4 nitrogen and oxygen atoms in total. The Kier molecular flexibility index (Phi) is 4.07. The van der Waals surface area contributed by atoms with Crippen molar-refractivity contribution >= 4 is 28.6 Å². The van der Waals surface area contributed by atoms with Crippen LogP contribution < -0.4 is 0 Å². The summed E-state index contributed by atoms with van der Waals surface area (Å²) in [5, 5.41) is 1.06. The highest BCUT2D eigenvalue weighted by atomic mass is 32.2. The van der Waals surface area contributed by atoms with E-state index in [0.29, 0.717) is 18.9 Å². The van der Waals surface area contributed by atoms with Crippen LogP contribution in [0.3, 0.4) is 0 Å². The summed E-state index contributed by atoms with van der Waals surface area (Å²) >= 11 is 1.72. The van der Waals surface area contributed by atoms with Crippen molar-refractivity contribution in [3.05, 3.63) is 35.6 Å². The van der Waals surface area contributed by atoms with Gasteiger partial charge >= 0.3 is 0 Å². The first-order valence-corrected chi connectivity index (χ1v) is 9.61. The van der Waals surface area contributed by atoms with Crippen molar-refractivity contribution < 1.29 is 13.9 Å². The largest absolute Gasteiger partial charge is 0.451 e. The van der Waals surface area contributed by atoms with E-state index in [1.165, 1.54) is 0 Å². The van der Waals surface area contributed by atoms with Crippen molar-refractivity contribution in [1.82, 2.24) is 4.90 Å². The van der Waals surface area contributed by atoms with Gasteiger partial charge < -0.3 is 14.1 Å². The molecule has 0 radical (unpaired) electrons. The number of para-hydroxylation sites is 1. The van der Waals surface area contributed by atoms with Crippen LogP contribution in [0.25, 0.3) is 11.0 Å². The monoisotopic (exact) mass is 331 g/mol. The molecule has 4 rings (SSSR count). The summed E-state index contributed by atoms with van der Waals surface area (Å²) in [5.74, 6) is 1.34. The molecule has 1 aliphatic heterocycles. The quantitative estimate of drug-likeness (QED) is 0.860. The number of benzene rings is 1. The molecular formula is C18H21NO3S. The Balaban J connectivity index is 1.72. The van der Waals surface area contributed by atoms with Gasteiger partial charge in [0.1, 0.15) is 5.58 Å². The molecule has 5 heteroatoms. The lowest BCUT2D eigenvalue weighted by molar-refractivity contribution is -0.0454. The Bertz CT molecular complexity index is 726. The third-order valence-corrected chi connectivity index (χ3v) is 5.50. The Morgan fingerprint density at radius 3 is 3.09 bits per heavy atom. The fraction of sp³-hybridized carbons (Fsp3) is 0.500. The molecule has 0 unspecified atom stereocenters. The van der Waals surface area contributed by atoms with Gasteiger partial charge in [-0.1, -0.05) is 18.2 Å². The zero-order valence-corrected chi connectivity index (χ0v) is 14.1.